The van der Waals surface area contributed by atoms with Crippen LogP contribution < -0.4 is 5.32 Å². The molecule has 0 bridgehead atoms. The maximum Gasteiger partial charge on any atom is 0.234 e. The van der Waals surface area contributed by atoms with Gasteiger partial charge < -0.3 is 5.32 Å². The Morgan fingerprint density at radius 2 is 2.00 bits per heavy atom. The molecule has 110 valence electrons. The number of anilines is 1. The van der Waals surface area contributed by atoms with Gasteiger partial charge in [-0.05, 0) is 44.5 Å². The molecule has 0 unspecified atom stereocenters. The number of carbonyl (C=O) groups is 1. The summed E-state index contributed by atoms with van der Waals surface area (Å²) in [5.41, 5.74) is 1.87. The second-order valence-corrected chi connectivity index (χ2v) is 5.69. The average molecular weight is 305 g/mol. The number of nitrogens with zero attached hydrogens (tertiary/aromatic N) is 2. The van der Waals surface area contributed by atoms with Gasteiger partial charge in [-0.15, -0.1) is 0 Å². The van der Waals surface area contributed by atoms with Crippen LogP contribution in [-0.4, -0.2) is 21.6 Å². The second kappa shape index (κ2) is 6.67. The van der Waals surface area contributed by atoms with Crippen LogP contribution >= 0.6 is 11.8 Å². The summed E-state index contributed by atoms with van der Waals surface area (Å²) in [6, 6.07) is 6.46. The van der Waals surface area contributed by atoms with Gasteiger partial charge in [0.25, 0.3) is 0 Å². The molecule has 1 aromatic carbocycles. The molecule has 0 fully saturated rings. The molecule has 4 nitrogen and oxygen atoms in total. The van der Waals surface area contributed by atoms with Gasteiger partial charge in [0, 0.05) is 11.4 Å². The minimum absolute atomic E-state index is 0.197. The molecule has 0 spiro atoms. The number of aryl methyl sites for hydroxylation is 3. The maximum atomic E-state index is 13.4. The van der Waals surface area contributed by atoms with E-state index in [1.54, 1.807) is 19.1 Å². The molecule has 0 aliphatic heterocycles. The van der Waals surface area contributed by atoms with E-state index in [0.717, 1.165) is 10.7 Å². The SMILES string of the molecule is Cc1cc(SCC(=O)Nc2ccc(C)c(F)c2)nc(C)n1. The third kappa shape index (κ3) is 4.53. The zero-order valence-electron chi connectivity index (χ0n) is 12.1. The van der Waals surface area contributed by atoms with Gasteiger partial charge in [-0.25, -0.2) is 14.4 Å². The lowest BCUT2D eigenvalue weighted by atomic mass is 10.2. The monoisotopic (exact) mass is 305 g/mol. The van der Waals surface area contributed by atoms with Crippen LogP contribution in [0.3, 0.4) is 0 Å². The predicted molar refractivity (Wildman–Crippen MR) is 82.0 cm³/mol. The van der Waals surface area contributed by atoms with E-state index in [0.29, 0.717) is 17.1 Å². The molecule has 1 heterocycles. The smallest absolute Gasteiger partial charge is 0.234 e. The van der Waals surface area contributed by atoms with Crippen molar-refractivity contribution in [2.45, 2.75) is 25.8 Å². The van der Waals surface area contributed by atoms with Crippen molar-refractivity contribution < 1.29 is 9.18 Å². The molecule has 0 atom stereocenters. The fraction of sp³-hybridized carbons (Fsp3) is 0.267. The number of hydrogen-bond donors (Lipinski definition) is 1. The number of rotatable bonds is 4. The van der Waals surface area contributed by atoms with E-state index in [2.05, 4.69) is 15.3 Å². The molecule has 1 N–H and O–H groups in total. The normalized spacial score (nSPS) is 10.5. The van der Waals surface area contributed by atoms with Crippen molar-refractivity contribution in [1.82, 2.24) is 9.97 Å². The lowest BCUT2D eigenvalue weighted by Crippen LogP contribution is -2.14. The zero-order valence-corrected chi connectivity index (χ0v) is 12.9. The maximum absolute atomic E-state index is 13.4. The van der Waals surface area contributed by atoms with Gasteiger partial charge in [0.15, 0.2) is 0 Å². The van der Waals surface area contributed by atoms with Crippen LogP contribution in [0.2, 0.25) is 0 Å². The van der Waals surface area contributed by atoms with Crippen LogP contribution in [0.15, 0.2) is 29.3 Å². The number of nitrogens with one attached hydrogen (secondary N) is 1. The number of amides is 1. The van der Waals surface area contributed by atoms with E-state index < -0.39 is 0 Å². The fourth-order valence-electron chi connectivity index (χ4n) is 1.76. The van der Waals surface area contributed by atoms with Crippen LogP contribution in [0.25, 0.3) is 0 Å². The van der Waals surface area contributed by atoms with E-state index in [1.807, 2.05) is 19.9 Å². The number of benzene rings is 1. The Bertz CT molecular complexity index is 656. The number of halogens is 1. The highest BCUT2D eigenvalue weighted by atomic mass is 32.2. The van der Waals surface area contributed by atoms with E-state index >= 15 is 0 Å². The molecule has 2 rings (SSSR count). The molecule has 0 aliphatic carbocycles. The highest BCUT2D eigenvalue weighted by molar-refractivity contribution is 7.99. The minimum Gasteiger partial charge on any atom is -0.325 e. The first-order valence-corrected chi connectivity index (χ1v) is 7.43. The van der Waals surface area contributed by atoms with E-state index in [-0.39, 0.29) is 17.5 Å². The van der Waals surface area contributed by atoms with Gasteiger partial charge in [-0.1, -0.05) is 17.8 Å². The third-order valence-corrected chi connectivity index (χ3v) is 3.66. The molecule has 0 saturated carbocycles. The van der Waals surface area contributed by atoms with Gasteiger partial charge in [0.2, 0.25) is 5.91 Å². The van der Waals surface area contributed by atoms with Crippen LogP contribution in [-0.2, 0) is 4.79 Å². The Hall–Kier alpha value is -1.95. The van der Waals surface area contributed by atoms with Crippen molar-refractivity contribution in [2.24, 2.45) is 0 Å². The van der Waals surface area contributed by atoms with Gasteiger partial charge >= 0.3 is 0 Å². The molecular weight excluding hydrogens is 289 g/mol. The lowest BCUT2D eigenvalue weighted by Gasteiger charge is -2.06. The van der Waals surface area contributed by atoms with Gasteiger partial charge in [0.1, 0.15) is 16.7 Å². The summed E-state index contributed by atoms with van der Waals surface area (Å²) in [4.78, 5) is 20.3. The van der Waals surface area contributed by atoms with Crippen molar-refractivity contribution >= 4 is 23.4 Å². The van der Waals surface area contributed by atoms with Crippen molar-refractivity contribution in [3.05, 3.63) is 47.2 Å². The molecule has 1 aromatic heterocycles. The van der Waals surface area contributed by atoms with Crippen molar-refractivity contribution in [3.8, 4) is 0 Å². The molecule has 0 saturated heterocycles. The molecule has 2 aromatic rings. The molecule has 0 radical (unpaired) electrons. The predicted octanol–water partition coefficient (Wildman–Crippen LogP) is 3.27. The molecule has 21 heavy (non-hydrogen) atoms. The lowest BCUT2D eigenvalue weighted by molar-refractivity contribution is -0.113. The topological polar surface area (TPSA) is 54.9 Å². The van der Waals surface area contributed by atoms with Gasteiger partial charge in [-0.3, -0.25) is 4.79 Å². The van der Waals surface area contributed by atoms with E-state index in [4.69, 9.17) is 0 Å². The Morgan fingerprint density at radius 3 is 2.67 bits per heavy atom. The fourth-order valence-corrected chi connectivity index (χ4v) is 2.57. The quantitative estimate of drug-likeness (QED) is 0.696. The first-order valence-electron chi connectivity index (χ1n) is 6.45. The van der Waals surface area contributed by atoms with Crippen molar-refractivity contribution in [1.29, 1.82) is 0 Å². The Balaban J connectivity index is 1.94. The summed E-state index contributed by atoms with van der Waals surface area (Å²) >= 11 is 1.33. The van der Waals surface area contributed by atoms with Crippen molar-refractivity contribution in [2.75, 3.05) is 11.1 Å². The molecule has 0 aliphatic rings. The van der Waals surface area contributed by atoms with Crippen LogP contribution in [0, 0.1) is 26.6 Å². The van der Waals surface area contributed by atoms with Crippen LogP contribution in [0.5, 0.6) is 0 Å². The summed E-state index contributed by atoms with van der Waals surface area (Å²) in [6.07, 6.45) is 0. The third-order valence-electron chi connectivity index (χ3n) is 2.75. The Morgan fingerprint density at radius 1 is 1.24 bits per heavy atom. The number of aromatic nitrogens is 2. The Kier molecular flexibility index (Phi) is 4.90. The molecule has 6 heteroatoms. The minimum atomic E-state index is -0.331. The molecule has 1 amide bonds. The number of carbonyl (C=O) groups excluding carboxylic acids is 1. The zero-order chi connectivity index (χ0) is 15.4. The first-order chi connectivity index (χ1) is 9.94. The van der Waals surface area contributed by atoms with Crippen LogP contribution in [0.4, 0.5) is 10.1 Å². The molecular formula is C15H16FN3OS. The summed E-state index contributed by atoms with van der Waals surface area (Å²) in [7, 11) is 0. The summed E-state index contributed by atoms with van der Waals surface area (Å²) in [5, 5.41) is 3.42. The number of hydrogen-bond acceptors (Lipinski definition) is 4. The second-order valence-electron chi connectivity index (χ2n) is 4.70. The van der Waals surface area contributed by atoms with Gasteiger partial charge in [0.05, 0.1) is 5.75 Å². The standard InChI is InChI=1S/C15H16FN3OS/c1-9-4-5-12(7-13(9)16)19-14(20)8-21-15-6-10(2)17-11(3)18-15/h4-7H,8H2,1-3H3,(H,19,20). The van der Waals surface area contributed by atoms with Crippen LogP contribution in [0.1, 0.15) is 17.1 Å². The average Bonchev–Trinajstić information content (AvgIpc) is 2.40. The van der Waals surface area contributed by atoms with Gasteiger partial charge in [-0.2, -0.15) is 0 Å². The highest BCUT2D eigenvalue weighted by Gasteiger charge is 2.07. The largest absolute Gasteiger partial charge is 0.325 e. The highest BCUT2D eigenvalue weighted by Crippen LogP contribution is 2.18. The summed E-state index contributed by atoms with van der Waals surface area (Å²) < 4.78 is 13.4. The van der Waals surface area contributed by atoms with Crippen molar-refractivity contribution in [3.63, 3.8) is 0 Å². The summed E-state index contributed by atoms with van der Waals surface area (Å²) in [6.45, 7) is 5.37. The summed E-state index contributed by atoms with van der Waals surface area (Å²) in [5.74, 6) is 0.365. The number of thioether (sulfide) groups is 1. The Labute approximate surface area is 127 Å². The van der Waals surface area contributed by atoms with E-state index in [9.17, 15) is 9.18 Å². The van der Waals surface area contributed by atoms with E-state index in [1.165, 1.54) is 17.8 Å². The first kappa shape index (κ1) is 15.4.